The number of benzene rings is 1. The second-order valence-electron chi connectivity index (χ2n) is 5.03. The fourth-order valence-corrected chi connectivity index (χ4v) is 3.77. The van der Waals surface area contributed by atoms with Crippen LogP contribution >= 0.6 is 0 Å². The van der Waals surface area contributed by atoms with Crippen LogP contribution in [0.1, 0.15) is 6.42 Å². The minimum absolute atomic E-state index is 0.0194. The van der Waals surface area contributed by atoms with Crippen LogP contribution in [0.3, 0.4) is 0 Å². The smallest absolute Gasteiger partial charge is 0.315 e. The first-order valence-electron chi connectivity index (χ1n) is 6.68. The largest absolute Gasteiger partial charge is 0.508 e. The fraction of sp³-hybridized carbons (Fsp3) is 0.385. The van der Waals surface area contributed by atoms with Gasteiger partial charge in [0.15, 0.2) is 9.84 Å². The molecule has 1 aromatic carbocycles. The van der Waals surface area contributed by atoms with Gasteiger partial charge in [0.1, 0.15) is 5.75 Å². The summed E-state index contributed by atoms with van der Waals surface area (Å²) in [6.45, 7) is -0.263. The monoisotopic (exact) mass is 327 g/mol. The maximum atomic E-state index is 11.6. The number of hydrogen-bond acceptors (Lipinski definition) is 5. The molecule has 0 saturated carbocycles. The van der Waals surface area contributed by atoms with Crippen molar-refractivity contribution in [2.45, 2.75) is 12.5 Å². The zero-order valence-electron chi connectivity index (χ0n) is 11.7. The van der Waals surface area contributed by atoms with E-state index < -0.39 is 27.8 Å². The molecule has 1 fully saturated rings. The second-order valence-corrected chi connectivity index (χ2v) is 7.25. The van der Waals surface area contributed by atoms with E-state index in [2.05, 4.69) is 16.0 Å². The Balaban J connectivity index is 1.73. The summed E-state index contributed by atoms with van der Waals surface area (Å²) < 4.78 is 22.5. The molecule has 0 aliphatic carbocycles. The molecule has 8 nitrogen and oxygen atoms in total. The van der Waals surface area contributed by atoms with Crippen LogP contribution in [0.15, 0.2) is 24.3 Å². The van der Waals surface area contributed by atoms with E-state index in [1.165, 1.54) is 12.1 Å². The van der Waals surface area contributed by atoms with Crippen LogP contribution in [0, 0.1) is 0 Å². The topological polar surface area (TPSA) is 125 Å². The third-order valence-electron chi connectivity index (χ3n) is 3.11. The maximum Gasteiger partial charge on any atom is 0.315 e. The lowest BCUT2D eigenvalue weighted by atomic mass is 10.3. The summed E-state index contributed by atoms with van der Waals surface area (Å²) in [5, 5.41) is 16.6. The summed E-state index contributed by atoms with van der Waals surface area (Å²) in [5.74, 6) is -0.447. The molecule has 1 heterocycles. The zero-order valence-corrected chi connectivity index (χ0v) is 12.5. The average Bonchev–Trinajstić information content (AvgIpc) is 2.75. The summed E-state index contributed by atoms with van der Waals surface area (Å²) >= 11 is 0. The summed E-state index contributed by atoms with van der Waals surface area (Å²) in [6, 6.07) is 5.01. The fourth-order valence-electron chi connectivity index (χ4n) is 2.09. The first kappa shape index (κ1) is 16.1. The highest BCUT2D eigenvalue weighted by atomic mass is 32.2. The van der Waals surface area contributed by atoms with Gasteiger partial charge in [0.05, 0.1) is 18.1 Å². The Hall–Kier alpha value is -2.29. The van der Waals surface area contributed by atoms with Crippen molar-refractivity contribution in [1.29, 1.82) is 0 Å². The molecule has 1 aliphatic rings. The Morgan fingerprint density at radius 3 is 2.73 bits per heavy atom. The van der Waals surface area contributed by atoms with Crippen molar-refractivity contribution in [3.8, 4) is 5.75 Å². The second kappa shape index (κ2) is 6.65. The minimum Gasteiger partial charge on any atom is -0.508 e. The number of nitrogens with one attached hydrogen (secondary N) is 3. The number of aromatic hydroxyl groups is 1. The Kier molecular flexibility index (Phi) is 4.86. The molecule has 1 aliphatic heterocycles. The molecule has 0 radical (unpaired) electrons. The van der Waals surface area contributed by atoms with Crippen LogP contribution in [0.25, 0.3) is 0 Å². The minimum atomic E-state index is -3.06. The highest BCUT2D eigenvalue weighted by Crippen LogP contribution is 2.15. The van der Waals surface area contributed by atoms with E-state index in [4.69, 9.17) is 0 Å². The van der Waals surface area contributed by atoms with Gasteiger partial charge in [0, 0.05) is 17.8 Å². The van der Waals surface area contributed by atoms with Crippen molar-refractivity contribution < 1.29 is 23.1 Å². The number of carbonyl (C=O) groups excluding carboxylic acids is 2. The third kappa shape index (κ3) is 4.92. The molecule has 9 heteroatoms. The number of amides is 3. The Morgan fingerprint density at radius 2 is 2.09 bits per heavy atom. The number of carbonyl (C=O) groups is 2. The van der Waals surface area contributed by atoms with Gasteiger partial charge in [0.2, 0.25) is 5.91 Å². The first-order chi connectivity index (χ1) is 10.3. The van der Waals surface area contributed by atoms with E-state index in [-0.39, 0.29) is 23.8 Å². The van der Waals surface area contributed by atoms with Crippen LogP contribution in [0.2, 0.25) is 0 Å². The van der Waals surface area contributed by atoms with Gasteiger partial charge in [-0.05, 0) is 18.6 Å². The van der Waals surface area contributed by atoms with E-state index in [1.807, 2.05) is 0 Å². The van der Waals surface area contributed by atoms with Gasteiger partial charge in [-0.3, -0.25) is 4.79 Å². The Labute approximate surface area is 127 Å². The standard InChI is InChI=1S/C13H17N3O5S/c17-11-3-1-2-9(6-11)15-12(18)7-14-13(19)16-10-4-5-22(20,21)8-10/h1-3,6,10,17H,4-5,7-8H2,(H,15,18)(H2,14,16,19)/t10-/m0/s1. The van der Waals surface area contributed by atoms with E-state index in [1.54, 1.807) is 12.1 Å². The third-order valence-corrected chi connectivity index (χ3v) is 4.88. The Bertz CT molecular complexity index is 674. The van der Waals surface area contributed by atoms with Gasteiger partial charge in [-0.1, -0.05) is 6.07 Å². The maximum absolute atomic E-state index is 11.6. The molecule has 0 bridgehead atoms. The van der Waals surface area contributed by atoms with Crippen molar-refractivity contribution in [2.75, 3.05) is 23.4 Å². The molecule has 3 amide bonds. The number of anilines is 1. The van der Waals surface area contributed by atoms with Crippen LogP contribution in [-0.4, -0.2) is 49.6 Å². The Morgan fingerprint density at radius 1 is 1.32 bits per heavy atom. The van der Waals surface area contributed by atoms with Gasteiger partial charge in [-0.2, -0.15) is 0 Å². The zero-order chi connectivity index (χ0) is 16.2. The summed E-state index contributed by atoms with van der Waals surface area (Å²) in [4.78, 5) is 23.2. The van der Waals surface area contributed by atoms with Crippen LogP contribution < -0.4 is 16.0 Å². The van der Waals surface area contributed by atoms with Crippen LogP contribution in [-0.2, 0) is 14.6 Å². The van der Waals surface area contributed by atoms with E-state index >= 15 is 0 Å². The number of rotatable bonds is 4. The first-order valence-corrected chi connectivity index (χ1v) is 8.50. The molecule has 0 aromatic heterocycles. The lowest BCUT2D eigenvalue weighted by Gasteiger charge is -2.12. The molecule has 0 spiro atoms. The summed E-state index contributed by atoms with van der Waals surface area (Å²) in [7, 11) is -3.06. The lowest BCUT2D eigenvalue weighted by molar-refractivity contribution is -0.115. The molecule has 22 heavy (non-hydrogen) atoms. The van der Waals surface area contributed by atoms with Gasteiger partial charge in [-0.25, -0.2) is 13.2 Å². The predicted molar refractivity (Wildman–Crippen MR) is 80.3 cm³/mol. The molecule has 120 valence electrons. The molecule has 0 unspecified atom stereocenters. The molecule has 4 N–H and O–H groups in total. The number of hydrogen-bond donors (Lipinski definition) is 4. The number of sulfone groups is 1. The number of phenolic OH excluding ortho intramolecular Hbond substituents is 1. The quantitative estimate of drug-likeness (QED) is 0.610. The van der Waals surface area contributed by atoms with Crippen molar-refractivity contribution in [2.24, 2.45) is 0 Å². The van der Waals surface area contributed by atoms with Crippen molar-refractivity contribution in [3.63, 3.8) is 0 Å². The highest BCUT2D eigenvalue weighted by Gasteiger charge is 2.28. The van der Waals surface area contributed by atoms with Crippen LogP contribution in [0.4, 0.5) is 10.5 Å². The van der Waals surface area contributed by atoms with Crippen molar-refractivity contribution in [1.82, 2.24) is 10.6 Å². The van der Waals surface area contributed by atoms with Gasteiger partial charge in [-0.15, -0.1) is 0 Å². The molecule has 1 aromatic rings. The highest BCUT2D eigenvalue weighted by molar-refractivity contribution is 7.91. The molecule has 2 rings (SSSR count). The average molecular weight is 327 g/mol. The van der Waals surface area contributed by atoms with Gasteiger partial charge >= 0.3 is 6.03 Å². The van der Waals surface area contributed by atoms with Gasteiger partial charge in [0.25, 0.3) is 0 Å². The van der Waals surface area contributed by atoms with Gasteiger partial charge < -0.3 is 21.1 Å². The van der Waals surface area contributed by atoms with E-state index in [0.29, 0.717) is 12.1 Å². The number of urea groups is 1. The lowest BCUT2D eigenvalue weighted by Crippen LogP contribution is -2.45. The summed E-state index contributed by atoms with van der Waals surface area (Å²) in [6.07, 6.45) is 0.380. The van der Waals surface area contributed by atoms with Crippen molar-refractivity contribution in [3.05, 3.63) is 24.3 Å². The van der Waals surface area contributed by atoms with Crippen molar-refractivity contribution >= 4 is 27.5 Å². The van der Waals surface area contributed by atoms with Crippen LogP contribution in [0.5, 0.6) is 5.75 Å². The predicted octanol–water partition coefficient (Wildman–Crippen LogP) is -0.183. The number of phenols is 1. The molecular formula is C13H17N3O5S. The molecular weight excluding hydrogens is 310 g/mol. The van der Waals surface area contributed by atoms with E-state index in [9.17, 15) is 23.1 Å². The molecule has 1 atom stereocenters. The molecule has 1 saturated heterocycles. The normalized spacial score (nSPS) is 19.4. The van der Waals surface area contributed by atoms with E-state index in [0.717, 1.165) is 0 Å². The summed E-state index contributed by atoms with van der Waals surface area (Å²) in [5.41, 5.74) is 0.411. The SMILES string of the molecule is O=C(CNC(=O)N[C@H]1CCS(=O)(=O)C1)Nc1cccc(O)c1.